The number of nitrogens with one attached hydrogen (secondary N) is 2. The van der Waals surface area contributed by atoms with Crippen LogP contribution in [0.2, 0.25) is 0 Å². The van der Waals surface area contributed by atoms with Gasteiger partial charge in [0.15, 0.2) is 0 Å². The van der Waals surface area contributed by atoms with Crippen LogP contribution in [0.25, 0.3) is 22.3 Å². The van der Waals surface area contributed by atoms with Gasteiger partial charge in [-0.15, -0.1) is 0 Å². The van der Waals surface area contributed by atoms with E-state index in [1.807, 2.05) is 30.5 Å². The van der Waals surface area contributed by atoms with Crippen molar-refractivity contribution in [2.45, 2.75) is 31.7 Å². The van der Waals surface area contributed by atoms with Crippen molar-refractivity contribution in [2.24, 2.45) is 0 Å². The van der Waals surface area contributed by atoms with Crippen molar-refractivity contribution in [3.63, 3.8) is 0 Å². The van der Waals surface area contributed by atoms with E-state index >= 15 is 0 Å². The highest BCUT2D eigenvalue weighted by Gasteiger charge is 2.22. The maximum atomic E-state index is 5.22. The third kappa shape index (κ3) is 2.87. The number of H-pyrrole nitrogens is 1. The van der Waals surface area contributed by atoms with E-state index in [4.69, 9.17) is 9.72 Å². The maximum absolute atomic E-state index is 5.22. The molecule has 2 atom stereocenters. The van der Waals surface area contributed by atoms with Gasteiger partial charge in [-0.25, -0.2) is 9.97 Å². The maximum Gasteiger partial charge on any atom is 0.132 e. The van der Waals surface area contributed by atoms with Crippen LogP contribution in [0.3, 0.4) is 0 Å². The van der Waals surface area contributed by atoms with Gasteiger partial charge in [-0.05, 0) is 62.2 Å². The van der Waals surface area contributed by atoms with Crippen LogP contribution in [0.5, 0.6) is 5.75 Å². The SMILES string of the molecule is COc1ccc(-c2cc3nc(C4CCNC(C)C4)ncc3[nH]2)cc1. The Balaban J connectivity index is 1.65. The number of rotatable bonds is 3. The number of hydrogen-bond donors (Lipinski definition) is 2. The van der Waals surface area contributed by atoms with E-state index in [0.717, 1.165) is 53.3 Å². The molecule has 5 heteroatoms. The summed E-state index contributed by atoms with van der Waals surface area (Å²) in [4.78, 5) is 12.8. The van der Waals surface area contributed by atoms with Crippen LogP contribution in [0, 0.1) is 0 Å². The summed E-state index contributed by atoms with van der Waals surface area (Å²) in [6, 6.07) is 10.7. The molecule has 2 N–H and O–H groups in total. The van der Waals surface area contributed by atoms with Gasteiger partial charge >= 0.3 is 0 Å². The standard InChI is InChI=1S/C19H22N4O/c1-12-9-14(7-8-20-12)19-21-11-18-17(23-19)10-16(22-18)13-3-5-15(24-2)6-4-13/h3-6,10-12,14,20,22H,7-9H2,1-2H3. The molecular formula is C19H22N4O. The molecule has 1 saturated heterocycles. The Morgan fingerprint density at radius 3 is 2.79 bits per heavy atom. The lowest BCUT2D eigenvalue weighted by atomic mass is 9.92. The second-order valence-corrected chi connectivity index (χ2v) is 6.52. The Kier molecular flexibility index (Phi) is 3.94. The number of nitrogens with zero attached hydrogens (tertiary/aromatic N) is 2. The molecule has 0 aliphatic carbocycles. The molecule has 2 unspecified atom stereocenters. The molecule has 124 valence electrons. The van der Waals surface area contributed by atoms with Gasteiger partial charge in [0.25, 0.3) is 0 Å². The fourth-order valence-electron chi connectivity index (χ4n) is 3.42. The lowest BCUT2D eigenvalue weighted by Crippen LogP contribution is -2.35. The molecule has 0 saturated carbocycles. The average Bonchev–Trinajstić information content (AvgIpc) is 3.05. The van der Waals surface area contributed by atoms with Gasteiger partial charge in [0, 0.05) is 17.7 Å². The molecule has 0 amide bonds. The molecule has 0 radical (unpaired) electrons. The van der Waals surface area contributed by atoms with Gasteiger partial charge in [0.2, 0.25) is 0 Å². The first-order chi connectivity index (χ1) is 11.7. The van der Waals surface area contributed by atoms with Crippen LogP contribution in [0.1, 0.15) is 31.5 Å². The van der Waals surface area contributed by atoms with Gasteiger partial charge in [0.1, 0.15) is 11.6 Å². The van der Waals surface area contributed by atoms with E-state index in [-0.39, 0.29) is 0 Å². The monoisotopic (exact) mass is 322 g/mol. The number of ether oxygens (including phenoxy) is 1. The van der Waals surface area contributed by atoms with Gasteiger partial charge in [-0.1, -0.05) is 0 Å². The second kappa shape index (κ2) is 6.24. The Morgan fingerprint density at radius 1 is 1.21 bits per heavy atom. The van der Waals surface area contributed by atoms with Gasteiger partial charge in [-0.3, -0.25) is 0 Å². The van der Waals surface area contributed by atoms with Crippen LogP contribution >= 0.6 is 0 Å². The Bertz CT molecular complexity index is 840. The van der Waals surface area contributed by atoms with E-state index in [1.54, 1.807) is 7.11 Å². The van der Waals surface area contributed by atoms with Crippen LogP contribution in [0.4, 0.5) is 0 Å². The summed E-state index contributed by atoms with van der Waals surface area (Å²) >= 11 is 0. The predicted octanol–water partition coefficient (Wildman–Crippen LogP) is 3.49. The minimum Gasteiger partial charge on any atom is -0.497 e. The number of fused-ring (bicyclic) bond motifs is 1. The van der Waals surface area contributed by atoms with Crippen molar-refractivity contribution in [3.8, 4) is 17.0 Å². The zero-order valence-corrected chi connectivity index (χ0v) is 14.0. The van der Waals surface area contributed by atoms with Crippen LogP contribution in [-0.2, 0) is 0 Å². The number of aromatic nitrogens is 3. The molecule has 5 nitrogen and oxygen atoms in total. The highest BCUT2D eigenvalue weighted by atomic mass is 16.5. The van der Waals surface area contributed by atoms with Crippen molar-refractivity contribution in [1.82, 2.24) is 20.3 Å². The Labute approximate surface area is 141 Å². The third-order valence-corrected chi connectivity index (χ3v) is 4.78. The van der Waals surface area contributed by atoms with E-state index in [1.165, 1.54) is 0 Å². The fourth-order valence-corrected chi connectivity index (χ4v) is 3.42. The number of piperidine rings is 1. The molecule has 3 aromatic rings. The van der Waals surface area contributed by atoms with Gasteiger partial charge < -0.3 is 15.0 Å². The lowest BCUT2D eigenvalue weighted by Gasteiger charge is -2.26. The normalized spacial score (nSPS) is 21.1. The first-order valence-electron chi connectivity index (χ1n) is 8.46. The van der Waals surface area contributed by atoms with Gasteiger partial charge in [0.05, 0.1) is 24.3 Å². The molecule has 1 aliphatic rings. The largest absolute Gasteiger partial charge is 0.497 e. The topological polar surface area (TPSA) is 62.8 Å². The number of methoxy groups -OCH3 is 1. The van der Waals surface area contributed by atoms with E-state index in [9.17, 15) is 0 Å². The van der Waals surface area contributed by atoms with Crippen LogP contribution < -0.4 is 10.1 Å². The summed E-state index contributed by atoms with van der Waals surface area (Å²) in [6.07, 6.45) is 4.12. The van der Waals surface area contributed by atoms with E-state index in [2.05, 4.69) is 28.3 Å². The molecule has 3 heterocycles. The first-order valence-corrected chi connectivity index (χ1v) is 8.46. The Morgan fingerprint density at radius 2 is 2.04 bits per heavy atom. The minimum atomic E-state index is 0.449. The average molecular weight is 322 g/mol. The molecule has 1 aromatic carbocycles. The molecule has 1 fully saturated rings. The lowest BCUT2D eigenvalue weighted by molar-refractivity contribution is 0.371. The summed E-state index contributed by atoms with van der Waals surface area (Å²) in [5, 5.41) is 3.48. The van der Waals surface area contributed by atoms with Crippen molar-refractivity contribution < 1.29 is 4.74 Å². The molecule has 24 heavy (non-hydrogen) atoms. The molecule has 0 bridgehead atoms. The van der Waals surface area contributed by atoms with E-state index < -0.39 is 0 Å². The number of aromatic amines is 1. The molecule has 2 aromatic heterocycles. The van der Waals surface area contributed by atoms with Crippen LogP contribution in [0.15, 0.2) is 36.5 Å². The summed E-state index contributed by atoms with van der Waals surface area (Å²) in [5.74, 6) is 2.28. The van der Waals surface area contributed by atoms with Gasteiger partial charge in [-0.2, -0.15) is 0 Å². The predicted molar refractivity (Wildman–Crippen MR) is 95.3 cm³/mol. The highest BCUT2D eigenvalue weighted by Crippen LogP contribution is 2.28. The van der Waals surface area contributed by atoms with Crippen LogP contribution in [-0.4, -0.2) is 34.6 Å². The first kappa shape index (κ1) is 15.1. The summed E-state index contributed by atoms with van der Waals surface area (Å²) in [5.41, 5.74) is 4.13. The summed E-state index contributed by atoms with van der Waals surface area (Å²) in [6.45, 7) is 3.26. The molecule has 4 rings (SSSR count). The van der Waals surface area contributed by atoms with E-state index in [0.29, 0.717) is 12.0 Å². The molecule has 0 spiro atoms. The molecular weight excluding hydrogens is 300 g/mol. The summed E-state index contributed by atoms with van der Waals surface area (Å²) < 4.78 is 5.22. The van der Waals surface area contributed by atoms with Crippen molar-refractivity contribution in [2.75, 3.05) is 13.7 Å². The fraction of sp³-hybridized carbons (Fsp3) is 0.368. The third-order valence-electron chi connectivity index (χ3n) is 4.78. The quantitative estimate of drug-likeness (QED) is 0.775. The van der Waals surface area contributed by atoms with Crippen molar-refractivity contribution >= 4 is 11.0 Å². The number of hydrogen-bond acceptors (Lipinski definition) is 4. The number of benzene rings is 1. The van der Waals surface area contributed by atoms with Crippen molar-refractivity contribution in [3.05, 3.63) is 42.4 Å². The zero-order valence-electron chi connectivity index (χ0n) is 14.0. The Hall–Kier alpha value is -2.40. The smallest absolute Gasteiger partial charge is 0.132 e. The minimum absolute atomic E-state index is 0.449. The molecule has 1 aliphatic heterocycles. The van der Waals surface area contributed by atoms with Crippen molar-refractivity contribution in [1.29, 1.82) is 0 Å². The second-order valence-electron chi connectivity index (χ2n) is 6.52. The zero-order chi connectivity index (χ0) is 16.5. The highest BCUT2D eigenvalue weighted by molar-refractivity contribution is 5.82. The summed E-state index contributed by atoms with van der Waals surface area (Å²) in [7, 11) is 1.68.